The summed E-state index contributed by atoms with van der Waals surface area (Å²) in [6, 6.07) is 0. The first kappa shape index (κ1) is 7.33. The van der Waals surface area contributed by atoms with Gasteiger partial charge in [-0.25, -0.2) is 0 Å². The summed E-state index contributed by atoms with van der Waals surface area (Å²) < 4.78 is 0. The number of fused-ring (bicyclic) bond motifs is 1. The van der Waals surface area contributed by atoms with Crippen molar-refractivity contribution in [3.8, 4) is 0 Å². The molecule has 0 radical (unpaired) electrons. The van der Waals surface area contributed by atoms with Crippen molar-refractivity contribution in [1.29, 1.82) is 0 Å². The fourth-order valence-corrected chi connectivity index (χ4v) is 3.05. The van der Waals surface area contributed by atoms with Crippen LogP contribution in [0.3, 0.4) is 0 Å². The zero-order valence-electron chi connectivity index (χ0n) is 7.61. The Labute approximate surface area is 68.2 Å². The van der Waals surface area contributed by atoms with Gasteiger partial charge in [0, 0.05) is 11.8 Å². The van der Waals surface area contributed by atoms with E-state index in [2.05, 4.69) is 20.8 Å². The Balaban J connectivity index is 2.35. The van der Waals surface area contributed by atoms with Crippen LogP contribution in [0.15, 0.2) is 0 Å². The number of Topliss-reactive ketones (excluding diaryl/α,β-unsaturated/α-hetero) is 1. The summed E-state index contributed by atoms with van der Waals surface area (Å²) in [5.74, 6) is 1.20. The van der Waals surface area contributed by atoms with Crippen LogP contribution in [-0.2, 0) is 4.79 Å². The molecule has 0 heterocycles. The van der Waals surface area contributed by atoms with Gasteiger partial charge in [0.15, 0.2) is 0 Å². The third-order valence-corrected chi connectivity index (χ3v) is 3.92. The number of hydrogen-bond donors (Lipinski definition) is 0. The van der Waals surface area contributed by atoms with Crippen LogP contribution in [0, 0.1) is 16.7 Å². The molecule has 0 spiro atoms. The zero-order chi connectivity index (χ0) is 8.28. The third kappa shape index (κ3) is 0.692. The predicted octanol–water partition coefficient (Wildman–Crippen LogP) is 2.40. The minimum absolute atomic E-state index is 0.0868. The van der Waals surface area contributed by atoms with Crippen LogP contribution in [0.2, 0.25) is 0 Å². The first-order valence-corrected chi connectivity index (χ1v) is 4.50. The average molecular weight is 152 g/mol. The number of hydrogen-bond acceptors (Lipinski definition) is 1. The van der Waals surface area contributed by atoms with Crippen LogP contribution >= 0.6 is 0 Å². The summed E-state index contributed by atoms with van der Waals surface area (Å²) in [5, 5.41) is 0. The molecule has 2 fully saturated rings. The molecule has 1 nitrogen and oxygen atoms in total. The maximum absolute atomic E-state index is 11.6. The number of carbonyl (C=O) groups is 1. The van der Waals surface area contributed by atoms with Crippen LogP contribution in [0.1, 0.15) is 40.0 Å². The van der Waals surface area contributed by atoms with Crippen molar-refractivity contribution in [1.82, 2.24) is 0 Å². The van der Waals surface area contributed by atoms with Gasteiger partial charge in [0.1, 0.15) is 5.78 Å². The lowest BCUT2D eigenvalue weighted by molar-refractivity contribution is -0.131. The monoisotopic (exact) mass is 152 g/mol. The molecule has 2 saturated carbocycles. The Morgan fingerprint density at radius 3 is 2.18 bits per heavy atom. The minimum atomic E-state index is 0.0868. The van der Waals surface area contributed by atoms with Crippen LogP contribution in [0.25, 0.3) is 0 Å². The molecule has 0 unspecified atom stereocenters. The third-order valence-electron chi connectivity index (χ3n) is 3.92. The molecule has 0 aromatic heterocycles. The molecule has 0 N–H and O–H groups in total. The van der Waals surface area contributed by atoms with Crippen molar-refractivity contribution in [3.05, 3.63) is 0 Å². The molecule has 2 rings (SSSR count). The molecule has 0 aliphatic heterocycles. The quantitative estimate of drug-likeness (QED) is 0.521. The van der Waals surface area contributed by atoms with Gasteiger partial charge in [-0.05, 0) is 24.2 Å². The first-order chi connectivity index (χ1) is 4.97. The summed E-state index contributed by atoms with van der Waals surface area (Å²) in [6.07, 6.45) is 3.23. The van der Waals surface area contributed by atoms with Gasteiger partial charge in [0.2, 0.25) is 0 Å². The van der Waals surface area contributed by atoms with Crippen molar-refractivity contribution in [3.63, 3.8) is 0 Å². The fourth-order valence-electron chi connectivity index (χ4n) is 3.05. The fraction of sp³-hybridized carbons (Fsp3) is 0.900. The summed E-state index contributed by atoms with van der Waals surface area (Å²) >= 11 is 0. The highest BCUT2D eigenvalue weighted by Gasteiger charge is 2.60. The smallest absolute Gasteiger partial charge is 0.139 e. The second kappa shape index (κ2) is 1.70. The average Bonchev–Trinajstić information content (AvgIpc) is 1.88. The summed E-state index contributed by atoms with van der Waals surface area (Å²) in [4.78, 5) is 11.6. The topological polar surface area (TPSA) is 17.1 Å². The Bertz CT molecular complexity index is 217. The second-order valence-corrected chi connectivity index (χ2v) is 5.10. The molecule has 1 heteroatoms. The Morgan fingerprint density at radius 2 is 2.00 bits per heavy atom. The standard InChI is InChI=1S/C10H16O/c1-9(2)6-8(11)10(3)5-4-7(9)10/h7H,4-6H2,1-3H3/t7-,10-/m1/s1. The van der Waals surface area contributed by atoms with Gasteiger partial charge >= 0.3 is 0 Å². The molecule has 0 aromatic rings. The maximum atomic E-state index is 11.6. The van der Waals surface area contributed by atoms with E-state index in [4.69, 9.17) is 0 Å². The highest BCUT2D eigenvalue weighted by atomic mass is 16.1. The van der Waals surface area contributed by atoms with Crippen LogP contribution in [-0.4, -0.2) is 5.78 Å². The van der Waals surface area contributed by atoms with E-state index in [-0.39, 0.29) is 5.41 Å². The Kier molecular flexibility index (Phi) is 1.13. The van der Waals surface area contributed by atoms with Crippen LogP contribution < -0.4 is 0 Å². The van der Waals surface area contributed by atoms with Crippen molar-refractivity contribution in [2.24, 2.45) is 16.7 Å². The first-order valence-electron chi connectivity index (χ1n) is 4.50. The van der Waals surface area contributed by atoms with E-state index >= 15 is 0 Å². The molecular weight excluding hydrogens is 136 g/mol. The van der Waals surface area contributed by atoms with Crippen molar-refractivity contribution < 1.29 is 4.79 Å². The van der Waals surface area contributed by atoms with Crippen molar-refractivity contribution in [2.45, 2.75) is 40.0 Å². The molecule has 2 aliphatic carbocycles. The predicted molar refractivity (Wildman–Crippen MR) is 44.2 cm³/mol. The van der Waals surface area contributed by atoms with Gasteiger partial charge in [-0.15, -0.1) is 0 Å². The summed E-state index contributed by atoms with van der Waals surface area (Å²) in [7, 11) is 0. The number of ketones is 1. The van der Waals surface area contributed by atoms with E-state index in [1.807, 2.05) is 0 Å². The van der Waals surface area contributed by atoms with Gasteiger partial charge < -0.3 is 0 Å². The van der Waals surface area contributed by atoms with Gasteiger partial charge in [-0.1, -0.05) is 20.8 Å². The van der Waals surface area contributed by atoms with E-state index in [9.17, 15) is 4.79 Å². The maximum Gasteiger partial charge on any atom is 0.139 e. The largest absolute Gasteiger partial charge is 0.299 e. The van der Waals surface area contributed by atoms with Gasteiger partial charge in [-0.3, -0.25) is 4.79 Å². The van der Waals surface area contributed by atoms with E-state index in [0.717, 1.165) is 12.8 Å². The number of carbonyl (C=O) groups excluding carboxylic acids is 1. The van der Waals surface area contributed by atoms with Crippen LogP contribution in [0.4, 0.5) is 0 Å². The zero-order valence-corrected chi connectivity index (χ0v) is 7.61. The number of rotatable bonds is 0. The molecular formula is C10H16O. The van der Waals surface area contributed by atoms with E-state index in [0.29, 0.717) is 17.1 Å². The lowest BCUT2D eigenvalue weighted by Crippen LogP contribution is -2.41. The van der Waals surface area contributed by atoms with Gasteiger partial charge in [0.25, 0.3) is 0 Å². The SMILES string of the molecule is CC1(C)CC(=O)[C@]2(C)CC[C@H]12. The lowest BCUT2D eigenvalue weighted by atomic mass is 9.58. The highest BCUT2D eigenvalue weighted by Crippen LogP contribution is 2.62. The second-order valence-electron chi connectivity index (χ2n) is 5.10. The van der Waals surface area contributed by atoms with Crippen molar-refractivity contribution >= 4 is 5.78 Å². The highest BCUT2D eigenvalue weighted by molar-refractivity contribution is 5.89. The summed E-state index contributed by atoms with van der Waals surface area (Å²) in [6.45, 7) is 6.62. The molecule has 0 amide bonds. The Morgan fingerprint density at radius 1 is 1.36 bits per heavy atom. The molecule has 2 aliphatic rings. The van der Waals surface area contributed by atoms with Crippen molar-refractivity contribution in [2.75, 3.05) is 0 Å². The minimum Gasteiger partial charge on any atom is -0.299 e. The lowest BCUT2D eigenvalue weighted by Gasteiger charge is -2.45. The van der Waals surface area contributed by atoms with E-state index < -0.39 is 0 Å². The van der Waals surface area contributed by atoms with E-state index in [1.165, 1.54) is 6.42 Å². The molecule has 0 saturated heterocycles. The Hall–Kier alpha value is -0.330. The molecule has 0 aromatic carbocycles. The molecule has 11 heavy (non-hydrogen) atoms. The molecule has 62 valence electrons. The summed E-state index contributed by atoms with van der Waals surface area (Å²) in [5.41, 5.74) is 0.383. The van der Waals surface area contributed by atoms with Crippen LogP contribution in [0.5, 0.6) is 0 Å². The normalized spacial score (nSPS) is 46.8. The molecule has 0 bridgehead atoms. The van der Waals surface area contributed by atoms with Gasteiger partial charge in [0.05, 0.1) is 0 Å². The van der Waals surface area contributed by atoms with E-state index in [1.54, 1.807) is 0 Å². The van der Waals surface area contributed by atoms with Gasteiger partial charge in [-0.2, -0.15) is 0 Å². The molecule has 2 atom stereocenters.